The van der Waals surface area contributed by atoms with Crippen molar-refractivity contribution in [3.05, 3.63) is 93.6 Å². The molecule has 2 N–H and O–H groups in total. The number of anilines is 1. The minimum Gasteiger partial charge on any atom is -0.343 e. The van der Waals surface area contributed by atoms with Crippen molar-refractivity contribution in [1.82, 2.24) is 15.3 Å². The number of amides is 1. The topological polar surface area (TPSA) is 101 Å². The van der Waals surface area contributed by atoms with Gasteiger partial charge in [0.1, 0.15) is 22.9 Å². The van der Waals surface area contributed by atoms with Crippen LogP contribution in [-0.4, -0.2) is 31.0 Å². The van der Waals surface area contributed by atoms with Crippen LogP contribution < -0.4 is 10.0 Å². The number of alkyl halides is 1. The van der Waals surface area contributed by atoms with E-state index in [1.54, 1.807) is 18.2 Å². The van der Waals surface area contributed by atoms with Crippen molar-refractivity contribution >= 4 is 55.2 Å². The predicted octanol–water partition coefficient (Wildman–Crippen LogP) is 4.61. The first-order valence-electron chi connectivity index (χ1n) is 9.93. The van der Waals surface area contributed by atoms with Gasteiger partial charge in [-0.15, -0.1) is 0 Å². The lowest BCUT2D eigenvalue weighted by atomic mass is 10.1. The average molecular weight is 594 g/mol. The van der Waals surface area contributed by atoms with Crippen molar-refractivity contribution < 1.29 is 22.0 Å². The van der Waals surface area contributed by atoms with Crippen LogP contribution in [0.15, 0.2) is 78.0 Å². The molecule has 1 aromatic heterocycles. The molecule has 4 aromatic rings. The molecule has 0 bridgehead atoms. The third kappa shape index (κ3) is 5.14. The second kappa shape index (κ2) is 9.97. The van der Waals surface area contributed by atoms with Crippen molar-refractivity contribution in [2.75, 3.05) is 11.4 Å². The summed E-state index contributed by atoms with van der Waals surface area (Å²) in [6.45, 7) is -0.933. The Kier molecular flexibility index (Phi) is 7.03. The van der Waals surface area contributed by atoms with Gasteiger partial charge in [0.2, 0.25) is 0 Å². The molecule has 4 rings (SSSR count). The molecule has 0 radical (unpaired) electrons. The van der Waals surface area contributed by atoms with E-state index < -0.39 is 34.5 Å². The number of nitrogens with one attached hydrogen (secondary N) is 2. The van der Waals surface area contributed by atoms with Crippen molar-refractivity contribution in [2.24, 2.45) is 0 Å². The molecule has 34 heavy (non-hydrogen) atoms. The molecular weight excluding hydrogens is 577 g/mol. The number of hydrogen-bond donors (Lipinski definition) is 2. The summed E-state index contributed by atoms with van der Waals surface area (Å²) in [5, 5.41) is 2.54. The zero-order valence-electron chi connectivity index (χ0n) is 17.4. The zero-order valence-corrected chi connectivity index (χ0v) is 20.3. The first-order chi connectivity index (χ1) is 16.3. The summed E-state index contributed by atoms with van der Waals surface area (Å²) in [4.78, 5) is 21.2. The monoisotopic (exact) mass is 594 g/mol. The van der Waals surface area contributed by atoms with E-state index >= 15 is 0 Å². The van der Waals surface area contributed by atoms with Crippen LogP contribution in [-0.2, 0) is 10.0 Å². The first-order valence-corrected chi connectivity index (χ1v) is 12.5. The van der Waals surface area contributed by atoms with E-state index in [1.165, 1.54) is 54.9 Å². The number of hydrogen-bond acceptors (Lipinski definition) is 5. The summed E-state index contributed by atoms with van der Waals surface area (Å²) < 4.78 is 56.5. The Morgan fingerprint density at radius 1 is 1.03 bits per heavy atom. The van der Waals surface area contributed by atoms with Gasteiger partial charge >= 0.3 is 0 Å². The van der Waals surface area contributed by atoms with Crippen molar-refractivity contribution in [3.63, 3.8) is 0 Å². The SMILES string of the molecule is O=C(NC(CF)c1ccc(F)cc1)c1ccc(I)cc1NS(=O)(=O)c1cccc2nccnc12. The van der Waals surface area contributed by atoms with Gasteiger partial charge in [0.25, 0.3) is 15.9 Å². The van der Waals surface area contributed by atoms with Gasteiger partial charge in [-0.25, -0.2) is 17.2 Å². The molecule has 1 atom stereocenters. The number of aromatic nitrogens is 2. The molecule has 0 saturated carbocycles. The Morgan fingerprint density at radius 2 is 1.76 bits per heavy atom. The molecule has 0 aliphatic heterocycles. The summed E-state index contributed by atoms with van der Waals surface area (Å²) in [6, 6.07) is 13.2. The normalized spacial score (nSPS) is 12.3. The Balaban J connectivity index is 1.67. The molecule has 0 aliphatic carbocycles. The van der Waals surface area contributed by atoms with Crippen LogP contribution in [0.2, 0.25) is 0 Å². The molecule has 174 valence electrons. The van der Waals surface area contributed by atoms with E-state index in [2.05, 4.69) is 20.0 Å². The van der Waals surface area contributed by atoms with Gasteiger partial charge in [-0.2, -0.15) is 0 Å². The Labute approximate surface area is 207 Å². The Bertz CT molecular complexity index is 1460. The summed E-state index contributed by atoms with van der Waals surface area (Å²) in [5.41, 5.74) is 0.969. The van der Waals surface area contributed by atoms with Crippen molar-refractivity contribution in [1.29, 1.82) is 0 Å². The maximum Gasteiger partial charge on any atom is 0.264 e. The number of benzene rings is 3. The van der Waals surface area contributed by atoms with Crippen molar-refractivity contribution in [2.45, 2.75) is 10.9 Å². The lowest BCUT2D eigenvalue weighted by molar-refractivity contribution is 0.0930. The molecule has 1 unspecified atom stereocenters. The number of carbonyl (C=O) groups is 1. The number of halogens is 3. The Morgan fingerprint density at radius 3 is 2.50 bits per heavy atom. The number of carbonyl (C=O) groups excluding carboxylic acids is 1. The zero-order chi connectivity index (χ0) is 24.3. The van der Waals surface area contributed by atoms with E-state index in [1.807, 2.05) is 22.6 Å². The molecule has 0 saturated heterocycles. The van der Waals surface area contributed by atoms with Gasteiger partial charge < -0.3 is 5.32 Å². The predicted molar refractivity (Wildman–Crippen MR) is 132 cm³/mol. The second-order valence-electron chi connectivity index (χ2n) is 7.21. The Hall–Kier alpha value is -3.19. The van der Waals surface area contributed by atoms with Crippen LogP contribution in [0.1, 0.15) is 22.0 Å². The number of nitrogens with zero attached hydrogens (tertiary/aromatic N) is 2. The highest BCUT2D eigenvalue weighted by atomic mass is 127. The highest BCUT2D eigenvalue weighted by molar-refractivity contribution is 14.1. The molecule has 1 heterocycles. The van der Waals surface area contributed by atoms with Gasteiger partial charge in [-0.1, -0.05) is 18.2 Å². The standard InChI is InChI=1S/C23H17F2IN4O3S/c24-13-20(14-4-6-15(25)7-5-14)29-23(31)17-9-8-16(26)12-19(17)30-34(32,33)21-3-1-2-18-22(21)28-11-10-27-18/h1-12,20,30H,13H2,(H,29,31). The average Bonchev–Trinajstić information content (AvgIpc) is 2.82. The van der Waals surface area contributed by atoms with E-state index in [0.717, 1.165) is 0 Å². The first kappa shape index (κ1) is 24.0. The van der Waals surface area contributed by atoms with Gasteiger partial charge in [0.15, 0.2) is 0 Å². The highest BCUT2D eigenvalue weighted by Gasteiger charge is 2.23. The number of sulfonamides is 1. The fraction of sp³-hybridized carbons (Fsp3) is 0.0870. The molecule has 0 spiro atoms. The van der Waals surface area contributed by atoms with E-state index in [4.69, 9.17) is 0 Å². The van der Waals surface area contributed by atoms with E-state index in [-0.39, 0.29) is 21.7 Å². The second-order valence-corrected chi connectivity index (χ2v) is 10.1. The lowest BCUT2D eigenvalue weighted by Gasteiger charge is -2.18. The van der Waals surface area contributed by atoms with Crippen LogP contribution >= 0.6 is 22.6 Å². The summed E-state index contributed by atoms with van der Waals surface area (Å²) in [5.74, 6) is -1.18. The number of para-hydroxylation sites is 1. The van der Waals surface area contributed by atoms with Crippen LogP contribution in [0.5, 0.6) is 0 Å². The third-order valence-electron chi connectivity index (χ3n) is 4.95. The minimum atomic E-state index is -4.16. The van der Waals surface area contributed by atoms with E-state index in [0.29, 0.717) is 14.7 Å². The fourth-order valence-electron chi connectivity index (χ4n) is 3.32. The quantitative estimate of drug-likeness (QED) is 0.305. The van der Waals surface area contributed by atoms with Gasteiger partial charge in [-0.05, 0) is 70.6 Å². The van der Waals surface area contributed by atoms with Crippen molar-refractivity contribution in [3.8, 4) is 0 Å². The summed E-state index contributed by atoms with van der Waals surface area (Å²) in [7, 11) is -4.16. The molecule has 7 nitrogen and oxygen atoms in total. The van der Waals surface area contributed by atoms with E-state index in [9.17, 15) is 22.0 Å². The van der Waals surface area contributed by atoms with Crippen LogP contribution in [0.3, 0.4) is 0 Å². The number of fused-ring (bicyclic) bond motifs is 1. The van der Waals surface area contributed by atoms with Crippen LogP contribution in [0.4, 0.5) is 14.5 Å². The maximum atomic E-state index is 13.7. The lowest BCUT2D eigenvalue weighted by Crippen LogP contribution is -2.31. The highest BCUT2D eigenvalue weighted by Crippen LogP contribution is 2.26. The molecule has 0 aliphatic rings. The molecule has 0 fully saturated rings. The van der Waals surface area contributed by atoms with Crippen LogP contribution in [0, 0.1) is 9.39 Å². The maximum absolute atomic E-state index is 13.7. The minimum absolute atomic E-state index is 0.00382. The summed E-state index contributed by atoms with van der Waals surface area (Å²) in [6.07, 6.45) is 2.84. The van der Waals surface area contributed by atoms with Gasteiger partial charge in [0, 0.05) is 16.0 Å². The summed E-state index contributed by atoms with van der Waals surface area (Å²) >= 11 is 1.99. The van der Waals surface area contributed by atoms with Crippen LogP contribution in [0.25, 0.3) is 11.0 Å². The molecule has 1 amide bonds. The molecular formula is C23H17F2IN4O3S. The van der Waals surface area contributed by atoms with Gasteiger partial charge in [0.05, 0.1) is 22.8 Å². The largest absolute Gasteiger partial charge is 0.343 e. The molecule has 3 aromatic carbocycles. The molecule has 11 heteroatoms. The van der Waals surface area contributed by atoms with Gasteiger partial charge in [-0.3, -0.25) is 19.5 Å². The number of rotatable bonds is 7. The fourth-order valence-corrected chi connectivity index (χ4v) is 5.05. The smallest absolute Gasteiger partial charge is 0.264 e. The third-order valence-corrected chi connectivity index (χ3v) is 7.02.